The van der Waals surface area contributed by atoms with Gasteiger partial charge in [0.15, 0.2) is 5.17 Å². The Hall–Kier alpha value is -3.91. The quantitative estimate of drug-likeness (QED) is 0.529. The molecule has 172 valence electrons. The zero-order valence-electron chi connectivity index (χ0n) is 17.7. The zero-order chi connectivity index (χ0) is 24.3. The van der Waals surface area contributed by atoms with E-state index in [-0.39, 0.29) is 23.3 Å². The maximum Gasteiger partial charge on any atom is 0.416 e. The van der Waals surface area contributed by atoms with E-state index in [2.05, 4.69) is 26.3 Å². The lowest BCUT2D eigenvalue weighted by atomic mass is 10.1. The van der Waals surface area contributed by atoms with Crippen molar-refractivity contribution >= 4 is 39.8 Å². The Bertz CT molecular complexity index is 1380. The number of carbonyl (C=O) groups excluding carboxylic acids is 1. The third-order valence-corrected chi connectivity index (χ3v) is 5.68. The summed E-state index contributed by atoms with van der Waals surface area (Å²) in [6.45, 7) is 2.07. The fraction of sp³-hybridized carbons (Fsp3) is 0.174. The molecule has 0 radical (unpaired) electrons. The minimum atomic E-state index is -4.47. The summed E-state index contributed by atoms with van der Waals surface area (Å²) in [5.74, 6) is 0.0457. The van der Waals surface area contributed by atoms with Crippen LogP contribution in [0.3, 0.4) is 0 Å². The molecule has 11 heteroatoms. The van der Waals surface area contributed by atoms with Crippen molar-refractivity contribution in [2.45, 2.75) is 19.6 Å². The monoisotopic (exact) mass is 483 g/mol. The average Bonchev–Trinajstić information content (AvgIpc) is 3.16. The van der Waals surface area contributed by atoms with Crippen molar-refractivity contribution in [3.8, 4) is 11.8 Å². The van der Waals surface area contributed by atoms with Crippen LogP contribution in [0.4, 0.5) is 13.2 Å². The maximum atomic E-state index is 12.9. The van der Waals surface area contributed by atoms with E-state index in [0.29, 0.717) is 39.3 Å². The fourth-order valence-electron chi connectivity index (χ4n) is 3.20. The molecule has 1 aromatic carbocycles. The van der Waals surface area contributed by atoms with Crippen LogP contribution in [0.5, 0.6) is 5.75 Å². The Balaban J connectivity index is 1.57. The third kappa shape index (κ3) is 5.02. The van der Waals surface area contributed by atoms with E-state index in [9.17, 15) is 23.2 Å². The van der Waals surface area contributed by atoms with Gasteiger partial charge in [-0.25, -0.2) is 0 Å². The second-order valence-electron chi connectivity index (χ2n) is 7.04. The van der Waals surface area contributed by atoms with Gasteiger partial charge >= 0.3 is 6.18 Å². The highest BCUT2D eigenvalue weighted by Crippen LogP contribution is 2.32. The Kier molecular flexibility index (Phi) is 6.51. The molecular weight excluding hydrogens is 467 g/mol. The number of nitriles is 1. The van der Waals surface area contributed by atoms with Crippen LogP contribution in [-0.4, -0.2) is 27.6 Å². The first-order valence-electron chi connectivity index (χ1n) is 10.0. The first kappa shape index (κ1) is 23.3. The third-order valence-electron chi connectivity index (χ3n) is 4.73. The minimum absolute atomic E-state index is 0.115. The molecule has 0 spiro atoms. The summed E-state index contributed by atoms with van der Waals surface area (Å²) >= 11 is 1.07. The summed E-state index contributed by atoms with van der Waals surface area (Å²) in [6.07, 6.45) is -0.289. The van der Waals surface area contributed by atoms with E-state index in [1.807, 2.05) is 6.92 Å². The molecule has 2 aromatic heterocycles. The molecule has 1 aliphatic heterocycles. The minimum Gasteiger partial charge on any atom is -0.492 e. The number of amidine groups is 1. The van der Waals surface area contributed by atoms with Crippen LogP contribution in [0.15, 0.2) is 52.6 Å². The van der Waals surface area contributed by atoms with Crippen LogP contribution >= 0.6 is 11.8 Å². The van der Waals surface area contributed by atoms with E-state index in [4.69, 9.17) is 4.74 Å². The number of pyridine rings is 2. The number of aromatic nitrogens is 2. The lowest BCUT2D eigenvalue weighted by Crippen LogP contribution is -2.19. The van der Waals surface area contributed by atoms with Crippen LogP contribution in [0.25, 0.3) is 17.0 Å². The van der Waals surface area contributed by atoms with Crippen molar-refractivity contribution in [2.24, 2.45) is 4.99 Å². The number of alkyl halides is 3. The highest BCUT2D eigenvalue weighted by molar-refractivity contribution is 8.18. The molecule has 0 aliphatic carbocycles. The van der Waals surface area contributed by atoms with Gasteiger partial charge in [-0.05, 0) is 54.6 Å². The van der Waals surface area contributed by atoms with Crippen molar-refractivity contribution in [2.75, 3.05) is 6.61 Å². The number of aliphatic imine (C=N–C) groups is 1. The molecule has 34 heavy (non-hydrogen) atoms. The number of carbonyl (C=O) groups is 1. The fourth-order valence-corrected chi connectivity index (χ4v) is 4.02. The van der Waals surface area contributed by atoms with Gasteiger partial charge in [0.1, 0.15) is 17.4 Å². The molecule has 4 rings (SSSR count). The van der Waals surface area contributed by atoms with Crippen molar-refractivity contribution in [3.05, 3.63) is 70.0 Å². The summed E-state index contributed by atoms with van der Waals surface area (Å²) in [7, 11) is 0. The number of amides is 1. The smallest absolute Gasteiger partial charge is 0.416 e. The Labute approximate surface area is 196 Å². The van der Waals surface area contributed by atoms with Gasteiger partial charge in [-0.2, -0.15) is 18.4 Å². The highest BCUT2D eigenvalue weighted by Gasteiger charge is 2.30. The number of halogens is 3. The first-order valence-corrected chi connectivity index (χ1v) is 10.8. The van der Waals surface area contributed by atoms with E-state index in [1.54, 1.807) is 24.3 Å². The molecule has 1 aliphatic rings. The normalized spacial score (nSPS) is 16.1. The number of nitrogens with zero attached hydrogens (tertiary/aromatic N) is 4. The molecule has 0 atom stereocenters. The van der Waals surface area contributed by atoms with Crippen molar-refractivity contribution in [1.29, 1.82) is 5.26 Å². The van der Waals surface area contributed by atoms with Crippen LogP contribution in [0.2, 0.25) is 0 Å². The number of hydrogen-bond donors (Lipinski definition) is 1. The molecule has 7 nitrogen and oxygen atoms in total. The SMILES string of the molecule is CCOc1c(C#N)cnc2ccc(/C=C3\SC(=NCc4cc(C(F)(F)F)ccn4)NC3=O)cc12. The van der Waals surface area contributed by atoms with Gasteiger partial charge < -0.3 is 10.1 Å². The Morgan fingerprint density at radius 2 is 2.09 bits per heavy atom. The zero-order valence-corrected chi connectivity index (χ0v) is 18.5. The predicted molar refractivity (Wildman–Crippen MR) is 122 cm³/mol. The number of thioether (sulfide) groups is 1. The molecule has 1 fully saturated rings. The van der Waals surface area contributed by atoms with E-state index >= 15 is 0 Å². The molecule has 3 aromatic rings. The van der Waals surface area contributed by atoms with E-state index in [0.717, 1.165) is 30.1 Å². The molecular formula is C23H16F3N5O2S. The van der Waals surface area contributed by atoms with Gasteiger partial charge in [-0.1, -0.05) is 6.07 Å². The number of hydrogen-bond acceptors (Lipinski definition) is 7. The van der Waals surface area contributed by atoms with Gasteiger partial charge in [-0.15, -0.1) is 0 Å². The van der Waals surface area contributed by atoms with Gasteiger partial charge in [0.05, 0.1) is 34.8 Å². The number of rotatable bonds is 5. The summed E-state index contributed by atoms with van der Waals surface area (Å²) in [4.78, 5) is 25.1. The van der Waals surface area contributed by atoms with Crippen molar-refractivity contribution in [3.63, 3.8) is 0 Å². The van der Waals surface area contributed by atoms with Gasteiger partial charge in [0.2, 0.25) is 0 Å². The Morgan fingerprint density at radius 1 is 1.26 bits per heavy atom. The summed E-state index contributed by atoms with van der Waals surface area (Å²) in [5, 5.41) is 12.9. The number of ether oxygens (including phenoxy) is 1. The number of fused-ring (bicyclic) bond motifs is 1. The molecule has 1 saturated heterocycles. The molecule has 0 saturated carbocycles. The summed E-state index contributed by atoms with van der Waals surface area (Å²) < 4.78 is 44.2. The largest absolute Gasteiger partial charge is 0.492 e. The number of benzene rings is 1. The Morgan fingerprint density at radius 3 is 2.82 bits per heavy atom. The molecule has 0 bridgehead atoms. The lowest BCUT2D eigenvalue weighted by Gasteiger charge is -2.09. The summed E-state index contributed by atoms with van der Waals surface area (Å²) in [5.41, 5.74) is 0.962. The van der Waals surface area contributed by atoms with Gasteiger partial charge in [0.25, 0.3) is 5.91 Å². The topological polar surface area (TPSA) is 100 Å². The predicted octanol–water partition coefficient (Wildman–Crippen LogP) is 4.68. The molecule has 1 N–H and O–H groups in total. The van der Waals surface area contributed by atoms with Gasteiger partial charge in [-0.3, -0.25) is 19.8 Å². The first-order chi connectivity index (χ1) is 16.3. The lowest BCUT2D eigenvalue weighted by molar-refractivity contribution is -0.137. The van der Waals surface area contributed by atoms with Crippen molar-refractivity contribution < 1.29 is 22.7 Å². The second kappa shape index (κ2) is 9.52. The molecule has 0 unspecified atom stereocenters. The number of nitrogens with one attached hydrogen (secondary N) is 1. The van der Waals surface area contributed by atoms with Crippen LogP contribution in [-0.2, 0) is 17.5 Å². The van der Waals surface area contributed by atoms with Crippen LogP contribution < -0.4 is 10.1 Å². The molecule has 1 amide bonds. The second-order valence-corrected chi connectivity index (χ2v) is 8.07. The van der Waals surface area contributed by atoms with Crippen molar-refractivity contribution in [1.82, 2.24) is 15.3 Å². The van der Waals surface area contributed by atoms with E-state index in [1.165, 1.54) is 6.20 Å². The van der Waals surface area contributed by atoms with E-state index < -0.39 is 11.7 Å². The average molecular weight is 483 g/mol. The van der Waals surface area contributed by atoms with Gasteiger partial charge in [0, 0.05) is 17.8 Å². The maximum absolute atomic E-state index is 12.9. The van der Waals surface area contributed by atoms with Crippen LogP contribution in [0.1, 0.15) is 29.3 Å². The van der Waals surface area contributed by atoms with Crippen LogP contribution in [0, 0.1) is 11.3 Å². The standard InChI is InChI=1S/C23H16F3N5O2S/c1-2-33-20-14(10-27)11-29-18-4-3-13(7-17(18)20)8-19-21(32)31-22(34-19)30-12-16-9-15(5-6-28-16)23(24,25)26/h3-9,11H,2,12H2,1H3,(H,30,31,32)/b19-8-. The molecule has 3 heterocycles. The highest BCUT2D eigenvalue weighted by atomic mass is 32.2. The summed E-state index contributed by atoms with van der Waals surface area (Å²) in [6, 6.07) is 9.19.